The summed E-state index contributed by atoms with van der Waals surface area (Å²) in [4.78, 5) is 32.1. The van der Waals surface area contributed by atoms with Gasteiger partial charge < -0.3 is 14.6 Å². The van der Waals surface area contributed by atoms with E-state index in [4.69, 9.17) is 11.6 Å². The molecule has 0 bridgehead atoms. The van der Waals surface area contributed by atoms with Gasteiger partial charge in [-0.05, 0) is 67.9 Å². The second kappa shape index (κ2) is 8.87. The van der Waals surface area contributed by atoms with Crippen LogP contribution in [0.4, 0.5) is 0 Å². The van der Waals surface area contributed by atoms with Crippen molar-refractivity contribution in [3.05, 3.63) is 50.9 Å². The van der Waals surface area contributed by atoms with E-state index in [0.717, 1.165) is 41.5 Å². The van der Waals surface area contributed by atoms with Crippen LogP contribution in [0.2, 0.25) is 4.34 Å². The van der Waals surface area contributed by atoms with Crippen molar-refractivity contribution in [3.63, 3.8) is 0 Å². The topological polar surface area (TPSA) is 75.4 Å². The highest BCUT2D eigenvalue weighted by molar-refractivity contribution is 7.16. The molecule has 3 aromatic heterocycles. The molecule has 4 heterocycles. The molecule has 168 valence electrons. The third kappa shape index (κ3) is 4.16. The Morgan fingerprint density at radius 3 is 2.72 bits per heavy atom. The molecule has 1 amide bonds. The van der Waals surface area contributed by atoms with Crippen LogP contribution in [0.1, 0.15) is 48.2 Å². The lowest BCUT2D eigenvalue weighted by Gasteiger charge is -2.31. The number of hydrogen-bond acceptors (Lipinski definition) is 4. The number of aliphatic carboxylic acids is 1. The van der Waals surface area contributed by atoms with E-state index in [1.165, 1.54) is 15.8 Å². The van der Waals surface area contributed by atoms with E-state index in [1.54, 1.807) is 11.3 Å². The van der Waals surface area contributed by atoms with Gasteiger partial charge in [-0.2, -0.15) is 0 Å². The minimum atomic E-state index is -0.702. The molecule has 1 saturated carbocycles. The minimum absolute atomic E-state index is 0.179. The zero-order chi connectivity index (χ0) is 22.2. The van der Waals surface area contributed by atoms with Crippen LogP contribution in [-0.4, -0.2) is 38.0 Å². The summed E-state index contributed by atoms with van der Waals surface area (Å²) in [6.45, 7) is 2.00. The molecule has 1 N–H and O–H groups in total. The number of aromatic nitrogens is 2. The molecule has 0 saturated heterocycles. The number of hydrogen-bond donors (Lipinski definition) is 1. The number of carboxylic acid groups (broad SMARTS) is 1. The molecule has 1 aliphatic carbocycles. The summed E-state index contributed by atoms with van der Waals surface area (Å²) in [6.07, 6.45) is 6.17. The Kier molecular flexibility index (Phi) is 5.95. The van der Waals surface area contributed by atoms with Gasteiger partial charge in [-0.3, -0.25) is 9.59 Å². The van der Waals surface area contributed by atoms with Gasteiger partial charge in [0.2, 0.25) is 5.91 Å². The summed E-state index contributed by atoms with van der Waals surface area (Å²) in [5.41, 5.74) is 3.42. The number of carboxylic acids is 1. The van der Waals surface area contributed by atoms with E-state index in [-0.39, 0.29) is 11.8 Å². The molecule has 0 atom stereocenters. The fraction of sp³-hybridized carbons (Fsp3) is 0.458. The van der Waals surface area contributed by atoms with Crippen LogP contribution in [0, 0.1) is 11.8 Å². The number of amides is 1. The van der Waals surface area contributed by atoms with Crippen LogP contribution >= 0.6 is 22.9 Å². The maximum Gasteiger partial charge on any atom is 0.306 e. The van der Waals surface area contributed by atoms with Gasteiger partial charge in [0.25, 0.3) is 0 Å². The lowest BCUT2D eigenvalue weighted by atomic mass is 9.80. The van der Waals surface area contributed by atoms with Crippen molar-refractivity contribution in [3.8, 4) is 0 Å². The predicted octanol–water partition coefficient (Wildman–Crippen LogP) is 4.97. The molecule has 0 radical (unpaired) electrons. The maximum absolute atomic E-state index is 13.1. The summed E-state index contributed by atoms with van der Waals surface area (Å²) in [7, 11) is 0. The van der Waals surface area contributed by atoms with Gasteiger partial charge >= 0.3 is 5.97 Å². The Morgan fingerprint density at radius 1 is 1.19 bits per heavy atom. The van der Waals surface area contributed by atoms with Crippen molar-refractivity contribution >= 4 is 45.8 Å². The molecule has 2 aliphatic rings. The molecule has 32 heavy (non-hydrogen) atoms. The summed E-state index contributed by atoms with van der Waals surface area (Å²) >= 11 is 7.73. The average Bonchev–Trinajstić information content (AvgIpc) is 3.35. The largest absolute Gasteiger partial charge is 0.481 e. The first-order chi connectivity index (χ1) is 15.5. The van der Waals surface area contributed by atoms with Gasteiger partial charge in [-0.15, -0.1) is 11.3 Å². The summed E-state index contributed by atoms with van der Waals surface area (Å²) in [5, 5.41) is 10.4. The van der Waals surface area contributed by atoms with E-state index in [9.17, 15) is 14.7 Å². The van der Waals surface area contributed by atoms with Crippen molar-refractivity contribution in [1.29, 1.82) is 0 Å². The number of pyridine rings is 1. The second-order valence-corrected chi connectivity index (χ2v) is 10.7. The molecule has 0 spiro atoms. The van der Waals surface area contributed by atoms with Gasteiger partial charge in [-0.1, -0.05) is 11.6 Å². The van der Waals surface area contributed by atoms with Crippen LogP contribution < -0.4 is 0 Å². The summed E-state index contributed by atoms with van der Waals surface area (Å²) in [6, 6.07) is 8.06. The lowest BCUT2D eigenvalue weighted by Crippen LogP contribution is -2.38. The van der Waals surface area contributed by atoms with Gasteiger partial charge in [0.15, 0.2) is 0 Å². The van der Waals surface area contributed by atoms with Crippen LogP contribution in [0.15, 0.2) is 30.5 Å². The van der Waals surface area contributed by atoms with Crippen LogP contribution in [0.25, 0.3) is 11.0 Å². The Morgan fingerprint density at radius 2 is 2.00 bits per heavy atom. The Labute approximate surface area is 195 Å². The lowest BCUT2D eigenvalue weighted by molar-refractivity contribution is -0.143. The Bertz CT molecular complexity index is 1160. The molecule has 0 aromatic carbocycles. The molecule has 1 aliphatic heterocycles. The van der Waals surface area contributed by atoms with Crippen LogP contribution in [0.5, 0.6) is 0 Å². The highest BCUT2D eigenvalue weighted by atomic mass is 35.5. The number of fused-ring (bicyclic) bond motifs is 3. The Balaban J connectivity index is 1.34. The average molecular weight is 472 g/mol. The first kappa shape index (κ1) is 21.5. The number of carbonyl (C=O) groups is 2. The summed E-state index contributed by atoms with van der Waals surface area (Å²) < 4.78 is 3.01. The number of carbonyl (C=O) groups excluding carboxylic acids is 1. The highest BCUT2D eigenvalue weighted by Gasteiger charge is 2.31. The van der Waals surface area contributed by atoms with Gasteiger partial charge in [0.05, 0.1) is 23.3 Å². The number of nitrogens with zero attached hydrogens (tertiary/aromatic N) is 3. The maximum atomic E-state index is 13.1. The van der Waals surface area contributed by atoms with Crippen molar-refractivity contribution in [2.75, 3.05) is 6.54 Å². The number of rotatable bonds is 5. The van der Waals surface area contributed by atoms with E-state index >= 15 is 0 Å². The summed E-state index contributed by atoms with van der Waals surface area (Å²) in [5.74, 6) is -0.474. The third-order valence-electron chi connectivity index (χ3n) is 6.97. The Hall–Kier alpha value is -2.38. The zero-order valence-electron chi connectivity index (χ0n) is 17.8. The van der Waals surface area contributed by atoms with E-state index < -0.39 is 5.97 Å². The van der Waals surface area contributed by atoms with Gasteiger partial charge in [0, 0.05) is 35.1 Å². The fourth-order valence-electron chi connectivity index (χ4n) is 5.23. The third-order valence-corrected chi connectivity index (χ3v) is 8.18. The molecular weight excluding hydrogens is 446 g/mol. The molecule has 1 fully saturated rings. The van der Waals surface area contributed by atoms with Gasteiger partial charge in [-0.25, -0.2) is 4.98 Å². The zero-order valence-corrected chi connectivity index (χ0v) is 19.4. The van der Waals surface area contributed by atoms with E-state index in [1.807, 2.05) is 29.3 Å². The first-order valence-corrected chi connectivity index (χ1v) is 12.4. The standard InChI is InChI=1S/C24H26ClN3O3S/c25-21-8-7-17(32-21)13-28-20-14-27(11-9-18(20)19-2-1-10-26-23(19)28)22(29)12-15-3-5-16(6-4-15)24(30)31/h1-2,7-8,10,15-16H,3-6,9,11-14H2,(H,30,31)/t15-,16+. The molecule has 0 unspecified atom stereocenters. The molecule has 6 nitrogen and oxygen atoms in total. The van der Waals surface area contributed by atoms with Gasteiger partial charge in [0.1, 0.15) is 5.65 Å². The second-order valence-electron chi connectivity index (χ2n) is 8.92. The predicted molar refractivity (Wildman–Crippen MR) is 125 cm³/mol. The molecule has 3 aromatic rings. The van der Waals surface area contributed by atoms with Crippen molar-refractivity contribution < 1.29 is 14.7 Å². The first-order valence-electron chi connectivity index (χ1n) is 11.2. The van der Waals surface area contributed by atoms with E-state index in [0.29, 0.717) is 38.3 Å². The smallest absolute Gasteiger partial charge is 0.306 e. The normalized spacial score (nSPS) is 21.0. The molecular formula is C24H26ClN3O3S. The van der Waals surface area contributed by atoms with Crippen LogP contribution in [0.3, 0.4) is 0 Å². The molecule has 8 heteroatoms. The molecule has 5 rings (SSSR count). The minimum Gasteiger partial charge on any atom is -0.481 e. The number of thiophene rings is 1. The van der Waals surface area contributed by atoms with Crippen molar-refractivity contribution in [1.82, 2.24) is 14.5 Å². The monoisotopic (exact) mass is 471 g/mol. The fourth-order valence-corrected chi connectivity index (χ4v) is 6.30. The van der Waals surface area contributed by atoms with E-state index in [2.05, 4.69) is 15.6 Å². The van der Waals surface area contributed by atoms with Crippen molar-refractivity contribution in [2.24, 2.45) is 11.8 Å². The number of halogens is 1. The van der Waals surface area contributed by atoms with Crippen LogP contribution in [-0.2, 0) is 29.1 Å². The quantitative estimate of drug-likeness (QED) is 0.570. The SMILES string of the molecule is O=C(C[C@H]1CC[C@@H](C(=O)O)CC1)N1CCc2c(n(Cc3ccc(Cl)s3)c3ncccc23)C1. The highest BCUT2D eigenvalue weighted by Crippen LogP contribution is 2.34. The van der Waals surface area contributed by atoms with Crippen molar-refractivity contribution in [2.45, 2.75) is 51.6 Å².